The molecule has 4 nitrogen and oxygen atoms in total. The van der Waals surface area contributed by atoms with E-state index < -0.39 is 0 Å². The minimum atomic E-state index is 0.187. The summed E-state index contributed by atoms with van der Waals surface area (Å²) in [7, 11) is 0. The zero-order chi connectivity index (χ0) is 11.5. The number of halogens is 1. The molecule has 1 atom stereocenters. The van der Waals surface area contributed by atoms with Gasteiger partial charge in [-0.1, -0.05) is 0 Å². The van der Waals surface area contributed by atoms with Gasteiger partial charge in [0.1, 0.15) is 5.82 Å². The molecule has 2 aromatic heterocycles. The maximum Gasteiger partial charge on any atom is 0.126 e. The molecule has 0 aliphatic rings. The number of aryl methyl sites for hydroxylation is 1. The molecular formula is C11H13BrN4. The van der Waals surface area contributed by atoms with Gasteiger partial charge in [-0.05, 0) is 41.4 Å². The standard InChI is InChI=1S/C11H13BrN4/c1-7-3-11(13-6-10(7)12)16-8(2)9-4-14-15-5-9/h3-6,8H,1-2H3,(H,13,16)(H,14,15). The number of H-pyrrole nitrogens is 1. The van der Waals surface area contributed by atoms with Crippen LogP contribution < -0.4 is 5.32 Å². The molecule has 0 aliphatic heterocycles. The van der Waals surface area contributed by atoms with E-state index in [1.165, 1.54) is 0 Å². The first-order valence-corrected chi connectivity index (χ1v) is 5.83. The van der Waals surface area contributed by atoms with E-state index in [9.17, 15) is 0 Å². The van der Waals surface area contributed by atoms with Crippen LogP contribution in [0.4, 0.5) is 5.82 Å². The van der Waals surface area contributed by atoms with Crippen molar-refractivity contribution in [2.75, 3.05) is 5.32 Å². The highest BCUT2D eigenvalue weighted by Gasteiger charge is 2.07. The Bertz CT molecular complexity index is 467. The second-order valence-electron chi connectivity index (χ2n) is 3.72. The fraction of sp³-hybridized carbons (Fsp3) is 0.273. The van der Waals surface area contributed by atoms with Crippen molar-refractivity contribution in [2.45, 2.75) is 19.9 Å². The number of anilines is 1. The van der Waals surface area contributed by atoms with E-state index in [4.69, 9.17) is 0 Å². The van der Waals surface area contributed by atoms with E-state index >= 15 is 0 Å². The lowest BCUT2D eigenvalue weighted by Gasteiger charge is -2.13. The molecule has 2 rings (SSSR count). The van der Waals surface area contributed by atoms with Crippen LogP contribution in [0.1, 0.15) is 24.1 Å². The van der Waals surface area contributed by atoms with Gasteiger partial charge in [-0.25, -0.2) is 4.98 Å². The lowest BCUT2D eigenvalue weighted by molar-refractivity contribution is 0.875. The van der Waals surface area contributed by atoms with Crippen molar-refractivity contribution in [1.82, 2.24) is 15.2 Å². The van der Waals surface area contributed by atoms with Gasteiger partial charge < -0.3 is 5.32 Å². The summed E-state index contributed by atoms with van der Waals surface area (Å²) >= 11 is 3.43. The summed E-state index contributed by atoms with van der Waals surface area (Å²) in [5.41, 5.74) is 2.28. The SMILES string of the molecule is Cc1cc(NC(C)c2cn[nH]c2)ncc1Br. The van der Waals surface area contributed by atoms with Gasteiger partial charge in [-0.2, -0.15) is 5.10 Å². The van der Waals surface area contributed by atoms with Gasteiger partial charge in [-0.15, -0.1) is 0 Å². The Morgan fingerprint density at radius 2 is 2.25 bits per heavy atom. The predicted octanol–water partition coefficient (Wildman–Crippen LogP) is 3.05. The molecule has 0 fully saturated rings. The number of hydrogen-bond donors (Lipinski definition) is 2. The van der Waals surface area contributed by atoms with Crippen molar-refractivity contribution in [3.8, 4) is 0 Å². The predicted molar refractivity (Wildman–Crippen MR) is 67.3 cm³/mol. The van der Waals surface area contributed by atoms with Crippen LogP contribution in [-0.2, 0) is 0 Å². The molecule has 0 radical (unpaired) electrons. The molecule has 16 heavy (non-hydrogen) atoms. The van der Waals surface area contributed by atoms with Crippen molar-refractivity contribution in [2.24, 2.45) is 0 Å². The van der Waals surface area contributed by atoms with E-state index in [-0.39, 0.29) is 6.04 Å². The number of aromatic amines is 1. The summed E-state index contributed by atoms with van der Waals surface area (Å²) in [6.45, 7) is 4.11. The first-order chi connectivity index (χ1) is 7.66. The number of aromatic nitrogens is 3. The highest BCUT2D eigenvalue weighted by Crippen LogP contribution is 2.20. The summed E-state index contributed by atoms with van der Waals surface area (Å²) < 4.78 is 1.02. The fourth-order valence-corrected chi connectivity index (χ4v) is 1.64. The average molecular weight is 281 g/mol. The Labute approximate surface area is 103 Å². The van der Waals surface area contributed by atoms with Crippen LogP contribution in [0.25, 0.3) is 0 Å². The first kappa shape index (κ1) is 11.1. The summed E-state index contributed by atoms with van der Waals surface area (Å²) in [5.74, 6) is 0.870. The Kier molecular flexibility index (Phi) is 3.24. The zero-order valence-electron chi connectivity index (χ0n) is 9.16. The van der Waals surface area contributed by atoms with Crippen LogP contribution in [0.5, 0.6) is 0 Å². The number of hydrogen-bond acceptors (Lipinski definition) is 3. The molecule has 2 heterocycles. The minimum absolute atomic E-state index is 0.187. The molecule has 2 N–H and O–H groups in total. The largest absolute Gasteiger partial charge is 0.363 e. The average Bonchev–Trinajstić information content (AvgIpc) is 2.77. The molecule has 1 unspecified atom stereocenters. The van der Waals surface area contributed by atoms with Crippen molar-refractivity contribution in [3.63, 3.8) is 0 Å². The fourth-order valence-electron chi connectivity index (χ4n) is 1.42. The van der Waals surface area contributed by atoms with E-state index in [0.717, 1.165) is 21.4 Å². The lowest BCUT2D eigenvalue weighted by Crippen LogP contribution is -2.07. The van der Waals surface area contributed by atoms with Crippen LogP contribution in [0, 0.1) is 6.92 Å². The van der Waals surface area contributed by atoms with Crippen molar-refractivity contribution < 1.29 is 0 Å². The maximum atomic E-state index is 4.30. The Hall–Kier alpha value is -1.36. The second kappa shape index (κ2) is 4.65. The smallest absolute Gasteiger partial charge is 0.126 e. The lowest BCUT2D eigenvalue weighted by atomic mass is 10.2. The van der Waals surface area contributed by atoms with Gasteiger partial charge in [0, 0.05) is 22.4 Å². The third-order valence-electron chi connectivity index (χ3n) is 2.43. The molecule has 0 amide bonds. The number of pyridine rings is 1. The van der Waals surface area contributed by atoms with Crippen molar-refractivity contribution >= 4 is 21.7 Å². The highest BCUT2D eigenvalue weighted by molar-refractivity contribution is 9.10. The summed E-state index contributed by atoms with van der Waals surface area (Å²) in [6.07, 6.45) is 5.49. The molecule has 0 saturated carbocycles. The van der Waals surface area contributed by atoms with E-state index in [0.29, 0.717) is 0 Å². The van der Waals surface area contributed by atoms with Crippen molar-refractivity contribution in [1.29, 1.82) is 0 Å². The minimum Gasteiger partial charge on any atom is -0.363 e. The van der Waals surface area contributed by atoms with Crippen molar-refractivity contribution in [3.05, 3.63) is 40.3 Å². The van der Waals surface area contributed by atoms with Gasteiger partial charge in [0.15, 0.2) is 0 Å². The molecular weight excluding hydrogens is 268 g/mol. The van der Waals surface area contributed by atoms with Gasteiger partial charge in [0.2, 0.25) is 0 Å². The Balaban J connectivity index is 2.12. The van der Waals surface area contributed by atoms with Gasteiger partial charge in [-0.3, -0.25) is 5.10 Å². The Morgan fingerprint density at radius 3 is 2.88 bits per heavy atom. The van der Waals surface area contributed by atoms with Crippen LogP contribution in [0.2, 0.25) is 0 Å². The van der Waals surface area contributed by atoms with Gasteiger partial charge in [0.05, 0.1) is 12.2 Å². The van der Waals surface area contributed by atoms with Crippen LogP contribution in [0.3, 0.4) is 0 Å². The zero-order valence-corrected chi connectivity index (χ0v) is 10.7. The van der Waals surface area contributed by atoms with Gasteiger partial charge in [0.25, 0.3) is 0 Å². The number of nitrogens with one attached hydrogen (secondary N) is 2. The van der Waals surface area contributed by atoms with E-state index in [1.54, 1.807) is 6.20 Å². The quantitative estimate of drug-likeness (QED) is 0.909. The molecule has 0 bridgehead atoms. The van der Waals surface area contributed by atoms with Crippen LogP contribution in [-0.4, -0.2) is 15.2 Å². The second-order valence-corrected chi connectivity index (χ2v) is 4.57. The van der Waals surface area contributed by atoms with Crippen LogP contribution >= 0.6 is 15.9 Å². The molecule has 2 aromatic rings. The van der Waals surface area contributed by atoms with Crippen LogP contribution in [0.15, 0.2) is 29.1 Å². The number of rotatable bonds is 3. The van der Waals surface area contributed by atoms with E-state index in [1.807, 2.05) is 25.4 Å². The molecule has 0 spiro atoms. The molecule has 5 heteroatoms. The monoisotopic (exact) mass is 280 g/mol. The summed E-state index contributed by atoms with van der Waals surface area (Å²) in [5, 5.41) is 10.0. The molecule has 0 aliphatic carbocycles. The third-order valence-corrected chi connectivity index (χ3v) is 3.26. The molecule has 84 valence electrons. The summed E-state index contributed by atoms with van der Waals surface area (Å²) in [6, 6.07) is 2.20. The number of nitrogens with zero attached hydrogens (tertiary/aromatic N) is 2. The van der Waals surface area contributed by atoms with E-state index in [2.05, 4.69) is 43.4 Å². The normalized spacial score (nSPS) is 12.4. The topological polar surface area (TPSA) is 53.6 Å². The third kappa shape index (κ3) is 2.41. The highest BCUT2D eigenvalue weighted by atomic mass is 79.9. The maximum absolute atomic E-state index is 4.30. The molecule has 0 saturated heterocycles. The Morgan fingerprint density at radius 1 is 1.44 bits per heavy atom. The summed E-state index contributed by atoms with van der Waals surface area (Å²) in [4.78, 5) is 4.30. The van der Waals surface area contributed by atoms with Gasteiger partial charge >= 0.3 is 0 Å². The first-order valence-electron chi connectivity index (χ1n) is 5.04. The molecule has 0 aromatic carbocycles.